The Morgan fingerprint density at radius 3 is 2.48 bits per heavy atom. The number of anilines is 1. The van der Waals surface area contributed by atoms with Gasteiger partial charge in [0.25, 0.3) is 15.7 Å². The van der Waals surface area contributed by atoms with Crippen LogP contribution in [0, 0.1) is 10.1 Å². The lowest BCUT2D eigenvalue weighted by molar-refractivity contribution is -0.385. The second-order valence-corrected chi connectivity index (χ2v) is 6.50. The van der Waals surface area contributed by atoms with Gasteiger partial charge in [-0.25, -0.2) is 8.42 Å². The van der Waals surface area contributed by atoms with E-state index in [2.05, 4.69) is 20.7 Å². The summed E-state index contributed by atoms with van der Waals surface area (Å²) in [6.07, 6.45) is 0. The van der Waals surface area contributed by atoms with E-state index in [1.54, 1.807) is 0 Å². The van der Waals surface area contributed by atoms with Gasteiger partial charge in [0.2, 0.25) is 0 Å². The van der Waals surface area contributed by atoms with E-state index in [4.69, 9.17) is 0 Å². The highest BCUT2D eigenvalue weighted by molar-refractivity contribution is 9.10. The molecule has 0 fully saturated rings. The highest BCUT2D eigenvalue weighted by Gasteiger charge is 2.20. The van der Waals surface area contributed by atoms with Crippen LogP contribution in [0.4, 0.5) is 11.4 Å². The molecule has 0 spiro atoms. The van der Waals surface area contributed by atoms with Gasteiger partial charge in [-0.05, 0) is 40.2 Å². The maximum absolute atomic E-state index is 12.1. The van der Waals surface area contributed by atoms with Crippen LogP contribution in [0.25, 0.3) is 0 Å². The minimum Gasteiger partial charge on any atom is -0.507 e. The first-order valence-electron chi connectivity index (χ1n) is 5.56. The van der Waals surface area contributed by atoms with Gasteiger partial charge in [-0.3, -0.25) is 14.8 Å². The topological polar surface area (TPSA) is 110 Å². The number of benzene rings is 2. The fourth-order valence-corrected chi connectivity index (χ4v) is 3.15. The summed E-state index contributed by atoms with van der Waals surface area (Å²) in [5.41, 5.74) is -0.249. The number of para-hydroxylation sites is 1. The molecule has 0 saturated carbocycles. The van der Waals surface area contributed by atoms with E-state index in [0.717, 1.165) is 6.07 Å². The standard InChI is InChI=1S/C12H9BrN2O5S/c13-9-6-5-8(7-10(9)15(17)18)14-21(19,20)12-4-2-1-3-11(12)16/h1-7,14,16H. The normalized spacial score (nSPS) is 11.1. The summed E-state index contributed by atoms with van der Waals surface area (Å²) in [5, 5.41) is 20.4. The van der Waals surface area contributed by atoms with Crippen molar-refractivity contribution in [2.24, 2.45) is 0 Å². The number of aromatic hydroxyl groups is 1. The molecule has 0 aromatic heterocycles. The zero-order valence-electron chi connectivity index (χ0n) is 10.4. The predicted octanol–water partition coefficient (Wildman–Crippen LogP) is 2.86. The van der Waals surface area contributed by atoms with E-state index in [1.807, 2.05) is 0 Å². The van der Waals surface area contributed by atoms with Crippen molar-refractivity contribution in [1.82, 2.24) is 0 Å². The molecule has 0 amide bonds. The van der Waals surface area contributed by atoms with Crippen LogP contribution in [0.1, 0.15) is 0 Å². The van der Waals surface area contributed by atoms with Crippen LogP contribution < -0.4 is 4.72 Å². The zero-order chi connectivity index (χ0) is 15.6. The molecule has 21 heavy (non-hydrogen) atoms. The monoisotopic (exact) mass is 372 g/mol. The summed E-state index contributed by atoms with van der Waals surface area (Å²) in [7, 11) is -4.04. The Kier molecular flexibility index (Phi) is 4.14. The van der Waals surface area contributed by atoms with Gasteiger partial charge in [0.05, 0.1) is 15.1 Å². The van der Waals surface area contributed by atoms with Crippen molar-refractivity contribution in [3.05, 3.63) is 57.1 Å². The number of nitro benzene ring substituents is 1. The smallest absolute Gasteiger partial charge is 0.285 e. The van der Waals surface area contributed by atoms with Gasteiger partial charge in [0.1, 0.15) is 10.6 Å². The van der Waals surface area contributed by atoms with Crippen LogP contribution in [0.15, 0.2) is 51.8 Å². The summed E-state index contributed by atoms with van der Waals surface area (Å²) < 4.78 is 26.7. The first kappa shape index (κ1) is 15.3. The van der Waals surface area contributed by atoms with Crippen molar-refractivity contribution in [2.75, 3.05) is 4.72 Å². The van der Waals surface area contributed by atoms with Crippen LogP contribution in [0.2, 0.25) is 0 Å². The second-order valence-electron chi connectivity index (χ2n) is 4.00. The SMILES string of the molecule is O=[N+]([O-])c1cc(NS(=O)(=O)c2ccccc2O)ccc1Br. The van der Waals surface area contributed by atoms with Gasteiger partial charge in [0.15, 0.2) is 0 Å². The Labute approximate surface area is 128 Å². The van der Waals surface area contributed by atoms with Crippen molar-refractivity contribution in [2.45, 2.75) is 4.90 Å². The average Bonchev–Trinajstić information content (AvgIpc) is 2.40. The quantitative estimate of drug-likeness (QED) is 0.633. The fraction of sp³-hybridized carbons (Fsp3) is 0. The van der Waals surface area contributed by atoms with Gasteiger partial charge in [-0.1, -0.05) is 12.1 Å². The summed E-state index contributed by atoms with van der Waals surface area (Å²) in [6.45, 7) is 0. The molecular formula is C12H9BrN2O5S. The molecule has 110 valence electrons. The van der Waals surface area contributed by atoms with Crippen LogP contribution in [0.3, 0.4) is 0 Å². The molecule has 2 aromatic carbocycles. The number of phenols is 1. The molecule has 0 heterocycles. The molecule has 2 aromatic rings. The van der Waals surface area contributed by atoms with Crippen molar-refractivity contribution < 1.29 is 18.4 Å². The van der Waals surface area contributed by atoms with E-state index in [-0.39, 0.29) is 20.7 Å². The number of hydrogen-bond donors (Lipinski definition) is 2. The Balaban J connectivity index is 2.40. The fourth-order valence-electron chi connectivity index (χ4n) is 1.61. The maximum atomic E-state index is 12.1. The minimum atomic E-state index is -4.04. The number of rotatable bonds is 4. The summed E-state index contributed by atoms with van der Waals surface area (Å²) in [5.74, 6) is -0.406. The Morgan fingerprint density at radius 2 is 1.86 bits per heavy atom. The Morgan fingerprint density at radius 1 is 1.19 bits per heavy atom. The van der Waals surface area contributed by atoms with Crippen molar-refractivity contribution in [3.8, 4) is 5.75 Å². The number of hydrogen-bond acceptors (Lipinski definition) is 5. The largest absolute Gasteiger partial charge is 0.507 e. The van der Waals surface area contributed by atoms with Gasteiger partial charge >= 0.3 is 0 Å². The zero-order valence-corrected chi connectivity index (χ0v) is 12.8. The van der Waals surface area contributed by atoms with E-state index in [0.29, 0.717) is 0 Å². The minimum absolute atomic E-state index is 0.0214. The number of sulfonamides is 1. The van der Waals surface area contributed by atoms with Crippen molar-refractivity contribution >= 4 is 37.3 Å². The highest BCUT2D eigenvalue weighted by atomic mass is 79.9. The van der Waals surface area contributed by atoms with E-state index < -0.39 is 20.7 Å². The van der Waals surface area contributed by atoms with Crippen molar-refractivity contribution in [1.29, 1.82) is 0 Å². The molecule has 0 radical (unpaired) electrons. The summed E-state index contributed by atoms with van der Waals surface area (Å²) in [6, 6.07) is 9.22. The molecule has 0 aliphatic heterocycles. The van der Waals surface area contributed by atoms with Gasteiger partial charge in [-0.2, -0.15) is 0 Å². The maximum Gasteiger partial charge on any atom is 0.285 e. The molecule has 9 heteroatoms. The van der Waals surface area contributed by atoms with Crippen LogP contribution in [-0.2, 0) is 10.0 Å². The van der Waals surface area contributed by atoms with Gasteiger partial charge in [0, 0.05) is 6.07 Å². The number of nitro groups is 1. The second kappa shape index (κ2) is 5.70. The Hall–Kier alpha value is -2.13. The van der Waals surface area contributed by atoms with E-state index in [1.165, 1.54) is 36.4 Å². The molecule has 0 atom stereocenters. The van der Waals surface area contributed by atoms with E-state index in [9.17, 15) is 23.6 Å². The molecule has 0 unspecified atom stereocenters. The molecule has 2 N–H and O–H groups in total. The number of nitrogens with one attached hydrogen (secondary N) is 1. The van der Waals surface area contributed by atoms with Gasteiger partial charge < -0.3 is 5.11 Å². The summed E-state index contributed by atoms with van der Waals surface area (Å²) in [4.78, 5) is 9.88. The van der Waals surface area contributed by atoms with Crippen molar-refractivity contribution in [3.63, 3.8) is 0 Å². The molecule has 0 aliphatic rings. The molecule has 0 bridgehead atoms. The molecule has 7 nitrogen and oxygen atoms in total. The predicted molar refractivity (Wildman–Crippen MR) is 79.7 cm³/mol. The van der Waals surface area contributed by atoms with Crippen LogP contribution >= 0.6 is 15.9 Å². The lowest BCUT2D eigenvalue weighted by atomic mass is 10.3. The third-order valence-corrected chi connectivity index (χ3v) is 4.65. The third kappa shape index (κ3) is 3.31. The molecule has 2 rings (SSSR count). The lowest BCUT2D eigenvalue weighted by Crippen LogP contribution is -2.13. The van der Waals surface area contributed by atoms with Crippen LogP contribution in [-0.4, -0.2) is 18.4 Å². The summed E-state index contributed by atoms with van der Waals surface area (Å²) >= 11 is 3.01. The molecule has 0 saturated heterocycles. The van der Waals surface area contributed by atoms with Crippen LogP contribution in [0.5, 0.6) is 5.75 Å². The average molecular weight is 373 g/mol. The highest BCUT2D eigenvalue weighted by Crippen LogP contribution is 2.30. The van der Waals surface area contributed by atoms with Gasteiger partial charge in [-0.15, -0.1) is 0 Å². The number of nitrogens with zero attached hydrogens (tertiary/aromatic N) is 1. The third-order valence-electron chi connectivity index (χ3n) is 2.55. The lowest BCUT2D eigenvalue weighted by Gasteiger charge is -2.09. The number of halogens is 1. The molecular weight excluding hydrogens is 364 g/mol. The first-order valence-corrected chi connectivity index (χ1v) is 7.83. The van der Waals surface area contributed by atoms with E-state index >= 15 is 0 Å². The first-order chi connectivity index (χ1) is 9.81. The number of phenolic OH excluding ortho intramolecular Hbond substituents is 1. The Bertz CT molecular complexity index is 807. The molecule has 0 aliphatic carbocycles.